The number of rotatable bonds is 6. The SMILES string of the molecule is C=C/C(=C(\N(C)C)C(F)(F)F)[C@H]1CN(C)C(=O)[C@@H]1C(=O)Nc1cccc(F)c1OC. The van der Waals surface area contributed by atoms with Crippen LogP contribution in [0.2, 0.25) is 0 Å². The zero-order chi connectivity index (χ0) is 22.8. The van der Waals surface area contributed by atoms with E-state index in [0.717, 1.165) is 17.0 Å². The number of hydrogen-bond acceptors (Lipinski definition) is 4. The predicted molar refractivity (Wildman–Crippen MR) is 103 cm³/mol. The van der Waals surface area contributed by atoms with E-state index in [1.807, 2.05) is 0 Å². The molecule has 30 heavy (non-hydrogen) atoms. The fourth-order valence-corrected chi connectivity index (χ4v) is 3.60. The molecule has 2 atom stereocenters. The highest BCUT2D eigenvalue weighted by atomic mass is 19.4. The molecule has 0 radical (unpaired) electrons. The molecule has 0 spiro atoms. The Balaban J connectivity index is 2.52. The first kappa shape index (κ1) is 23.2. The van der Waals surface area contributed by atoms with Crippen LogP contribution in [0.25, 0.3) is 0 Å². The number of allylic oxidation sites excluding steroid dienone is 2. The highest BCUT2D eigenvalue weighted by Crippen LogP contribution is 2.39. The lowest BCUT2D eigenvalue weighted by atomic mass is 9.85. The topological polar surface area (TPSA) is 61.9 Å². The molecule has 6 nitrogen and oxygen atoms in total. The Morgan fingerprint density at radius 2 is 2.00 bits per heavy atom. The Labute approximate surface area is 171 Å². The van der Waals surface area contributed by atoms with E-state index in [1.165, 1.54) is 45.3 Å². The van der Waals surface area contributed by atoms with Gasteiger partial charge in [0.1, 0.15) is 11.6 Å². The molecule has 0 aliphatic carbocycles. The van der Waals surface area contributed by atoms with Crippen LogP contribution < -0.4 is 10.1 Å². The van der Waals surface area contributed by atoms with E-state index in [4.69, 9.17) is 4.74 Å². The molecule has 1 fully saturated rings. The predicted octanol–water partition coefficient (Wildman–Crippen LogP) is 3.04. The Kier molecular flexibility index (Phi) is 6.79. The van der Waals surface area contributed by atoms with Gasteiger partial charge in [-0.15, -0.1) is 0 Å². The van der Waals surface area contributed by atoms with Crippen molar-refractivity contribution in [2.24, 2.45) is 11.8 Å². The summed E-state index contributed by atoms with van der Waals surface area (Å²) in [6.45, 7) is 3.37. The molecule has 0 unspecified atom stereocenters. The molecule has 2 amide bonds. The third kappa shape index (κ3) is 4.42. The highest BCUT2D eigenvalue weighted by molar-refractivity contribution is 6.08. The molecule has 164 valence electrons. The number of methoxy groups -OCH3 is 1. The van der Waals surface area contributed by atoms with Crippen LogP contribution in [0.4, 0.5) is 23.2 Å². The van der Waals surface area contributed by atoms with Gasteiger partial charge in [-0.1, -0.05) is 18.7 Å². The number of para-hydroxylation sites is 1. The van der Waals surface area contributed by atoms with Gasteiger partial charge in [0.05, 0.1) is 12.8 Å². The number of alkyl halides is 3. The van der Waals surface area contributed by atoms with Crippen LogP contribution in [-0.4, -0.2) is 62.6 Å². The lowest BCUT2D eigenvalue weighted by molar-refractivity contribution is -0.135. The maximum atomic E-state index is 13.9. The summed E-state index contributed by atoms with van der Waals surface area (Å²) in [6, 6.07) is 3.82. The first-order valence-electron chi connectivity index (χ1n) is 8.93. The standard InChI is InChI=1S/C20H23F4N3O3/c1-6-11(17(26(2)3)20(22,23)24)12-10-27(4)19(29)15(12)18(28)25-14-9-7-8-13(21)16(14)30-5/h6-9,12,15H,1,10H2,2-5H3,(H,25,28)/b17-11+/t12-,15+/m1/s1. The van der Waals surface area contributed by atoms with Gasteiger partial charge in [-0.25, -0.2) is 4.39 Å². The number of amides is 2. The second kappa shape index (κ2) is 8.76. The highest BCUT2D eigenvalue weighted by Gasteiger charge is 2.48. The van der Waals surface area contributed by atoms with Crippen molar-refractivity contribution >= 4 is 17.5 Å². The number of carbonyl (C=O) groups is 2. The van der Waals surface area contributed by atoms with E-state index >= 15 is 0 Å². The van der Waals surface area contributed by atoms with Crippen LogP contribution >= 0.6 is 0 Å². The number of hydrogen-bond donors (Lipinski definition) is 1. The Bertz CT molecular complexity index is 881. The van der Waals surface area contributed by atoms with Gasteiger partial charge in [-0.2, -0.15) is 13.2 Å². The van der Waals surface area contributed by atoms with E-state index < -0.39 is 41.3 Å². The quantitative estimate of drug-likeness (QED) is 0.429. The van der Waals surface area contributed by atoms with E-state index in [-0.39, 0.29) is 23.6 Å². The van der Waals surface area contributed by atoms with Gasteiger partial charge in [-0.3, -0.25) is 9.59 Å². The number of nitrogens with zero attached hydrogens (tertiary/aromatic N) is 2. The Morgan fingerprint density at radius 3 is 2.50 bits per heavy atom. The molecular weight excluding hydrogens is 406 g/mol. The maximum absolute atomic E-state index is 13.9. The van der Waals surface area contributed by atoms with Crippen molar-refractivity contribution in [1.82, 2.24) is 9.80 Å². The minimum atomic E-state index is -4.72. The summed E-state index contributed by atoms with van der Waals surface area (Å²) in [5, 5.41) is 2.41. The molecule has 0 bridgehead atoms. The van der Waals surface area contributed by atoms with E-state index in [1.54, 1.807) is 0 Å². The van der Waals surface area contributed by atoms with E-state index in [0.29, 0.717) is 0 Å². The number of anilines is 1. The second-order valence-corrected chi connectivity index (χ2v) is 7.01. The van der Waals surface area contributed by atoms with Crippen LogP contribution in [0, 0.1) is 17.7 Å². The van der Waals surface area contributed by atoms with Gasteiger partial charge in [0.25, 0.3) is 0 Å². The smallest absolute Gasteiger partial charge is 0.431 e. The summed E-state index contributed by atoms with van der Waals surface area (Å²) < 4.78 is 59.8. The second-order valence-electron chi connectivity index (χ2n) is 7.01. The largest absolute Gasteiger partial charge is 0.492 e. The average Bonchev–Trinajstić information content (AvgIpc) is 2.93. The third-order valence-corrected chi connectivity index (χ3v) is 4.84. The summed E-state index contributed by atoms with van der Waals surface area (Å²) in [4.78, 5) is 27.6. The summed E-state index contributed by atoms with van der Waals surface area (Å²) in [5.41, 5.74) is -1.29. The van der Waals surface area contributed by atoms with Crippen molar-refractivity contribution in [3.05, 3.63) is 47.9 Å². The van der Waals surface area contributed by atoms with Crippen LogP contribution in [-0.2, 0) is 9.59 Å². The van der Waals surface area contributed by atoms with Crippen molar-refractivity contribution in [2.75, 3.05) is 40.1 Å². The monoisotopic (exact) mass is 429 g/mol. The van der Waals surface area contributed by atoms with Crippen molar-refractivity contribution in [1.29, 1.82) is 0 Å². The molecule has 10 heteroatoms. The number of nitrogens with one attached hydrogen (secondary N) is 1. The number of likely N-dealkylation sites (tertiary alicyclic amines) is 1. The lowest BCUT2D eigenvalue weighted by Gasteiger charge is -2.27. The molecule has 1 aliphatic heterocycles. The van der Waals surface area contributed by atoms with Crippen LogP contribution in [0.3, 0.4) is 0 Å². The van der Waals surface area contributed by atoms with Crippen molar-refractivity contribution in [3.8, 4) is 5.75 Å². The molecule has 0 saturated carbocycles. The zero-order valence-corrected chi connectivity index (χ0v) is 17.0. The Hall–Kier alpha value is -3.04. The molecular formula is C20H23F4N3O3. The summed E-state index contributed by atoms with van der Waals surface area (Å²) in [6.07, 6.45) is -3.70. The van der Waals surface area contributed by atoms with Crippen LogP contribution in [0.15, 0.2) is 42.1 Å². The number of benzene rings is 1. The first-order valence-corrected chi connectivity index (χ1v) is 8.93. The van der Waals surface area contributed by atoms with E-state index in [9.17, 15) is 27.2 Å². The molecule has 1 aliphatic rings. The third-order valence-electron chi connectivity index (χ3n) is 4.84. The molecule has 1 aromatic rings. The van der Waals surface area contributed by atoms with Gasteiger partial charge in [-0.05, 0) is 17.7 Å². The van der Waals surface area contributed by atoms with E-state index in [2.05, 4.69) is 11.9 Å². The first-order chi connectivity index (χ1) is 13.9. The summed E-state index contributed by atoms with van der Waals surface area (Å²) in [5.74, 6) is -5.04. The number of halogens is 4. The number of ether oxygens (including phenoxy) is 1. The van der Waals surface area contributed by atoms with Gasteiger partial charge >= 0.3 is 6.18 Å². The number of carbonyl (C=O) groups excluding carboxylic acids is 2. The fraction of sp³-hybridized carbons (Fsp3) is 0.400. The lowest BCUT2D eigenvalue weighted by Crippen LogP contribution is -2.35. The molecule has 1 saturated heterocycles. The van der Waals surface area contributed by atoms with Gasteiger partial charge in [0.15, 0.2) is 11.6 Å². The summed E-state index contributed by atoms with van der Waals surface area (Å²) >= 11 is 0. The minimum absolute atomic E-state index is 0.0311. The normalized spacial score (nSPS) is 20.0. The van der Waals surface area contributed by atoms with Crippen LogP contribution in [0.5, 0.6) is 5.75 Å². The molecule has 1 heterocycles. The maximum Gasteiger partial charge on any atom is 0.431 e. The Morgan fingerprint density at radius 1 is 1.37 bits per heavy atom. The van der Waals surface area contributed by atoms with Crippen molar-refractivity contribution in [3.63, 3.8) is 0 Å². The molecule has 0 aromatic heterocycles. The van der Waals surface area contributed by atoms with Crippen molar-refractivity contribution in [2.45, 2.75) is 6.18 Å². The zero-order valence-electron chi connectivity index (χ0n) is 17.0. The van der Waals surface area contributed by atoms with Gasteiger partial charge in [0, 0.05) is 33.6 Å². The average molecular weight is 429 g/mol. The van der Waals surface area contributed by atoms with Gasteiger partial charge < -0.3 is 19.9 Å². The summed E-state index contributed by atoms with van der Waals surface area (Å²) in [7, 11) is 5.05. The van der Waals surface area contributed by atoms with Gasteiger partial charge in [0.2, 0.25) is 11.8 Å². The fourth-order valence-electron chi connectivity index (χ4n) is 3.60. The molecule has 1 aromatic carbocycles. The molecule has 1 N–H and O–H groups in total. The minimum Gasteiger partial charge on any atom is -0.492 e. The molecule has 2 rings (SSSR count). The van der Waals surface area contributed by atoms with Crippen LogP contribution in [0.1, 0.15) is 0 Å². The van der Waals surface area contributed by atoms with Crippen molar-refractivity contribution < 1.29 is 31.9 Å².